The van der Waals surface area contributed by atoms with Crippen molar-refractivity contribution in [1.82, 2.24) is 23.9 Å². The summed E-state index contributed by atoms with van der Waals surface area (Å²) in [5.74, 6) is -0.614. The highest BCUT2D eigenvalue weighted by atomic mass is 35.5. The van der Waals surface area contributed by atoms with Gasteiger partial charge in [-0.25, -0.2) is 14.2 Å². The highest BCUT2D eigenvalue weighted by molar-refractivity contribution is 6.36. The number of pyridine rings is 1. The minimum Gasteiger partial charge on any atom is -0.481 e. The largest absolute Gasteiger partial charge is 0.481 e. The van der Waals surface area contributed by atoms with Crippen molar-refractivity contribution in [3.05, 3.63) is 96.5 Å². The summed E-state index contributed by atoms with van der Waals surface area (Å²) in [5.41, 5.74) is 3.36. The zero-order valence-corrected chi connectivity index (χ0v) is 28.7. The lowest BCUT2D eigenvalue weighted by molar-refractivity contribution is -0.161. The van der Waals surface area contributed by atoms with Crippen molar-refractivity contribution in [2.45, 2.75) is 32.7 Å². The minimum absolute atomic E-state index is 0.125. The van der Waals surface area contributed by atoms with Gasteiger partial charge in [0.1, 0.15) is 11.4 Å². The van der Waals surface area contributed by atoms with Gasteiger partial charge in [0.15, 0.2) is 0 Å². The third-order valence-corrected chi connectivity index (χ3v) is 10.6. The first kappa shape index (κ1) is 32.7. The molecule has 2 fully saturated rings. The van der Waals surface area contributed by atoms with Crippen LogP contribution in [0.2, 0.25) is 5.02 Å². The standard InChI is InChI=1S/C36H36ClFN6O5/c1-19-26(39-32(46)24-14-41(3)35(48)42(4)34(24)47)11-10-25(38)29(19)23-8-6-7-22(31(23)37)27-13-21-9-12-28(30(21)33(40-27)49-5)44-17-36(18-44)15-43(16-36)20(2)45/h6-8,10-11,13-14,28H,9,12,15-18H2,1-5H3,(H,39,46)/t28-/m0/s1. The molecule has 11 nitrogen and oxygen atoms in total. The average molecular weight is 687 g/mol. The van der Waals surface area contributed by atoms with E-state index in [-0.39, 0.29) is 39.2 Å². The van der Waals surface area contributed by atoms with E-state index in [1.807, 2.05) is 17.0 Å². The first-order chi connectivity index (χ1) is 23.3. The fraction of sp³-hybridized carbons (Fsp3) is 0.361. The number of aryl methyl sites for hydroxylation is 2. The Balaban J connectivity index is 1.18. The monoisotopic (exact) mass is 686 g/mol. The second-order valence-electron chi connectivity index (χ2n) is 13.4. The molecule has 2 saturated heterocycles. The number of benzene rings is 2. The second kappa shape index (κ2) is 12.0. The number of anilines is 1. The number of halogens is 2. The Morgan fingerprint density at radius 2 is 1.80 bits per heavy atom. The number of hydrogen-bond donors (Lipinski definition) is 1. The minimum atomic E-state index is -0.743. The van der Waals surface area contributed by atoms with Gasteiger partial charge in [-0.05, 0) is 49.1 Å². The fourth-order valence-corrected chi connectivity index (χ4v) is 8.00. The Bertz CT molecular complexity index is 2180. The van der Waals surface area contributed by atoms with Crippen LogP contribution in [0.4, 0.5) is 10.1 Å². The van der Waals surface area contributed by atoms with E-state index in [0.29, 0.717) is 28.3 Å². The van der Waals surface area contributed by atoms with Crippen LogP contribution in [0.5, 0.6) is 5.88 Å². The number of carbonyl (C=O) groups is 2. The Kier molecular flexibility index (Phi) is 7.98. The molecule has 0 saturated carbocycles. The van der Waals surface area contributed by atoms with Gasteiger partial charge in [-0.3, -0.25) is 23.9 Å². The topological polar surface area (TPSA) is 119 Å². The number of likely N-dealkylation sites (tertiary alicyclic amines) is 2. The average Bonchev–Trinajstić information content (AvgIpc) is 3.45. The quantitative estimate of drug-likeness (QED) is 0.321. The van der Waals surface area contributed by atoms with E-state index in [0.717, 1.165) is 59.3 Å². The molecule has 13 heteroatoms. The van der Waals surface area contributed by atoms with Gasteiger partial charge in [-0.15, -0.1) is 0 Å². The van der Waals surface area contributed by atoms with Crippen molar-refractivity contribution in [3.63, 3.8) is 0 Å². The Morgan fingerprint density at radius 3 is 2.49 bits per heavy atom. The molecule has 0 unspecified atom stereocenters. The van der Waals surface area contributed by atoms with Gasteiger partial charge in [0.25, 0.3) is 11.5 Å². The summed E-state index contributed by atoms with van der Waals surface area (Å²) < 4.78 is 23.4. The predicted octanol–water partition coefficient (Wildman–Crippen LogP) is 4.33. The third kappa shape index (κ3) is 5.34. The summed E-state index contributed by atoms with van der Waals surface area (Å²) in [7, 11) is 4.35. The zero-order valence-electron chi connectivity index (χ0n) is 27.9. The molecule has 4 aromatic rings. The number of ether oxygens (including phenoxy) is 1. The summed E-state index contributed by atoms with van der Waals surface area (Å²) in [6.45, 7) is 6.77. The first-order valence-electron chi connectivity index (χ1n) is 16.1. The summed E-state index contributed by atoms with van der Waals surface area (Å²) in [6, 6.07) is 10.2. The highest BCUT2D eigenvalue weighted by Crippen LogP contribution is 2.50. The lowest BCUT2D eigenvalue weighted by atomic mass is 9.72. The van der Waals surface area contributed by atoms with Crippen LogP contribution in [0, 0.1) is 18.2 Å². The molecular weight excluding hydrogens is 651 g/mol. The fourth-order valence-electron chi connectivity index (χ4n) is 7.68. The number of nitrogens with zero attached hydrogens (tertiary/aromatic N) is 5. The molecule has 1 atom stereocenters. The molecule has 0 bridgehead atoms. The van der Waals surface area contributed by atoms with Crippen molar-refractivity contribution in [3.8, 4) is 28.3 Å². The lowest BCUT2D eigenvalue weighted by Gasteiger charge is -2.61. The van der Waals surface area contributed by atoms with E-state index in [2.05, 4.69) is 10.2 Å². The Labute approximate surface area is 286 Å². The summed E-state index contributed by atoms with van der Waals surface area (Å²) in [4.78, 5) is 58.9. The van der Waals surface area contributed by atoms with Gasteiger partial charge in [0, 0.05) is 92.8 Å². The van der Waals surface area contributed by atoms with Crippen molar-refractivity contribution >= 4 is 29.1 Å². The van der Waals surface area contributed by atoms with E-state index < -0.39 is 23.0 Å². The van der Waals surface area contributed by atoms with Crippen LogP contribution in [-0.2, 0) is 25.3 Å². The molecule has 4 heterocycles. The highest BCUT2D eigenvalue weighted by Gasteiger charge is 2.55. The molecule has 0 radical (unpaired) electrons. The summed E-state index contributed by atoms with van der Waals surface area (Å²) in [5, 5.41) is 2.99. The van der Waals surface area contributed by atoms with Crippen LogP contribution in [0.15, 0.2) is 52.2 Å². The molecule has 2 amide bonds. The van der Waals surface area contributed by atoms with Crippen LogP contribution in [0.1, 0.15) is 46.4 Å². The molecule has 1 aliphatic carbocycles. The number of nitrogens with one attached hydrogen (secondary N) is 1. The van der Waals surface area contributed by atoms with Gasteiger partial charge in [-0.2, -0.15) is 0 Å². The maximum atomic E-state index is 15.6. The maximum absolute atomic E-state index is 15.6. The molecule has 49 heavy (non-hydrogen) atoms. The molecule has 7 rings (SSSR count). The number of carbonyl (C=O) groups excluding carboxylic acids is 2. The summed E-state index contributed by atoms with van der Waals surface area (Å²) in [6.07, 6.45) is 2.96. The van der Waals surface area contributed by atoms with Crippen LogP contribution in [0.3, 0.4) is 0 Å². The summed E-state index contributed by atoms with van der Waals surface area (Å²) >= 11 is 7.04. The normalized spacial score (nSPS) is 17.8. The van der Waals surface area contributed by atoms with Gasteiger partial charge in [0.2, 0.25) is 11.8 Å². The predicted molar refractivity (Wildman–Crippen MR) is 184 cm³/mol. The zero-order chi connectivity index (χ0) is 34.9. The van der Waals surface area contributed by atoms with Gasteiger partial charge in [0.05, 0.1) is 17.8 Å². The van der Waals surface area contributed by atoms with E-state index in [1.54, 1.807) is 33.1 Å². The molecule has 254 valence electrons. The van der Waals surface area contributed by atoms with Crippen LogP contribution in [0.25, 0.3) is 22.4 Å². The molecule has 1 spiro atoms. The van der Waals surface area contributed by atoms with Gasteiger partial charge >= 0.3 is 5.69 Å². The third-order valence-electron chi connectivity index (χ3n) is 10.2. The Morgan fingerprint density at radius 1 is 1.08 bits per heavy atom. The van der Waals surface area contributed by atoms with Gasteiger partial charge in [-0.1, -0.05) is 29.8 Å². The van der Waals surface area contributed by atoms with E-state index in [1.165, 1.54) is 32.4 Å². The van der Waals surface area contributed by atoms with E-state index >= 15 is 4.39 Å². The Hall–Kier alpha value is -4.81. The smallest absolute Gasteiger partial charge is 0.330 e. The molecule has 2 aromatic carbocycles. The number of hydrogen-bond acceptors (Lipinski definition) is 7. The molecule has 1 N–H and O–H groups in total. The van der Waals surface area contributed by atoms with Crippen molar-refractivity contribution in [1.29, 1.82) is 0 Å². The van der Waals surface area contributed by atoms with Crippen LogP contribution >= 0.6 is 11.6 Å². The maximum Gasteiger partial charge on any atom is 0.330 e. The molecular formula is C36H36ClFN6O5. The van der Waals surface area contributed by atoms with E-state index in [9.17, 15) is 19.2 Å². The molecule has 2 aromatic heterocycles. The molecule has 2 aliphatic heterocycles. The van der Waals surface area contributed by atoms with Crippen molar-refractivity contribution < 1.29 is 18.7 Å². The number of amides is 2. The van der Waals surface area contributed by atoms with Gasteiger partial charge < -0.3 is 19.5 Å². The van der Waals surface area contributed by atoms with E-state index in [4.69, 9.17) is 21.3 Å². The first-order valence-corrected chi connectivity index (χ1v) is 16.4. The van der Waals surface area contributed by atoms with Crippen LogP contribution in [-0.4, -0.2) is 69.0 Å². The SMILES string of the molecule is COc1nc(-c2cccc(-c3c(F)ccc(NC(=O)c4cn(C)c(=O)n(C)c4=O)c3C)c2Cl)cc2c1[C@@H](N1CC3(CN(C(C)=O)C3)C1)CC2. The number of methoxy groups -OCH3 is 1. The van der Waals surface area contributed by atoms with Crippen molar-refractivity contribution in [2.24, 2.45) is 19.5 Å². The number of fused-ring (bicyclic) bond motifs is 1. The van der Waals surface area contributed by atoms with Crippen LogP contribution < -0.4 is 21.3 Å². The lowest BCUT2D eigenvalue weighted by Crippen LogP contribution is -2.72. The molecule has 3 aliphatic rings. The van der Waals surface area contributed by atoms with Crippen molar-refractivity contribution in [2.75, 3.05) is 38.6 Å². The second-order valence-corrected chi connectivity index (χ2v) is 13.8. The number of aromatic nitrogens is 3. The number of rotatable bonds is 6.